The zero-order chi connectivity index (χ0) is 15.6. The van der Waals surface area contributed by atoms with Gasteiger partial charge in [0.1, 0.15) is 0 Å². The molecule has 0 bridgehead atoms. The van der Waals surface area contributed by atoms with Crippen molar-refractivity contribution in [1.82, 2.24) is 25.3 Å². The van der Waals surface area contributed by atoms with Gasteiger partial charge in [-0.3, -0.25) is 4.79 Å². The Hall–Kier alpha value is -1.96. The summed E-state index contributed by atoms with van der Waals surface area (Å²) in [5.74, 6) is -0.245. The molecule has 2 rings (SSSR count). The summed E-state index contributed by atoms with van der Waals surface area (Å²) in [6, 6.07) is 0. The molecule has 0 aromatic carbocycles. The van der Waals surface area contributed by atoms with Gasteiger partial charge >= 0.3 is 0 Å². The third-order valence-corrected chi connectivity index (χ3v) is 3.82. The van der Waals surface area contributed by atoms with Crippen molar-refractivity contribution in [1.29, 1.82) is 0 Å². The van der Waals surface area contributed by atoms with E-state index in [-0.39, 0.29) is 11.4 Å². The van der Waals surface area contributed by atoms with E-state index < -0.39 is 0 Å². The second-order valence-electron chi connectivity index (χ2n) is 5.92. The van der Waals surface area contributed by atoms with E-state index in [0.717, 1.165) is 10.8 Å². The van der Waals surface area contributed by atoms with Gasteiger partial charge < -0.3 is 10.2 Å². The smallest absolute Gasteiger partial charge is 0.273 e. The van der Waals surface area contributed by atoms with Crippen molar-refractivity contribution >= 4 is 22.4 Å². The maximum absolute atomic E-state index is 12.0. The first kappa shape index (κ1) is 15.4. The first-order valence-electron chi connectivity index (χ1n) is 6.60. The average molecular weight is 308 g/mol. The molecule has 8 heteroatoms. The molecule has 0 aliphatic rings. The molecule has 7 nitrogen and oxygen atoms in total. The predicted octanol–water partition coefficient (Wildman–Crippen LogP) is 1.49. The highest BCUT2D eigenvalue weighted by Gasteiger charge is 2.18. The quantitative estimate of drug-likeness (QED) is 0.926. The van der Waals surface area contributed by atoms with Gasteiger partial charge in [0.2, 0.25) is 0 Å². The van der Waals surface area contributed by atoms with Gasteiger partial charge in [-0.15, -0.1) is 16.4 Å². The van der Waals surface area contributed by atoms with Crippen molar-refractivity contribution in [2.75, 3.05) is 19.0 Å². The fraction of sp³-hybridized carbons (Fsp3) is 0.538. The van der Waals surface area contributed by atoms with E-state index in [1.54, 1.807) is 22.2 Å². The highest BCUT2D eigenvalue weighted by Crippen LogP contribution is 2.17. The molecule has 0 aliphatic carbocycles. The summed E-state index contributed by atoms with van der Waals surface area (Å²) in [5.41, 5.74) is 0.953. The van der Waals surface area contributed by atoms with E-state index in [1.165, 1.54) is 0 Å². The molecule has 21 heavy (non-hydrogen) atoms. The van der Waals surface area contributed by atoms with Gasteiger partial charge in [0.15, 0.2) is 10.8 Å². The molecule has 0 atom stereocenters. The monoisotopic (exact) mass is 308 g/mol. The highest BCUT2D eigenvalue weighted by molar-refractivity contribution is 7.13. The molecule has 0 radical (unpaired) electrons. The largest absolute Gasteiger partial charge is 0.354 e. The minimum Gasteiger partial charge on any atom is -0.354 e. The van der Waals surface area contributed by atoms with Crippen LogP contribution in [0, 0.1) is 0 Å². The number of carbonyl (C=O) groups excluding carboxylic acids is 1. The highest BCUT2D eigenvalue weighted by atomic mass is 32.1. The van der Waals surface area contributed by atoms with Gasteiger partial charge in [-0.1, -0.05) is 5.21 Å². The van der Waals surface area contributed by atoms with Gasteiger partial charge in [0.05, 0.1) is 24.0 Å². The Bertz CT molecular complexity index is 625. The van der Waals surface area contributed by atoms with Crippen LogP contribution in [-0.4, -0.2) is 40.0 Å². The van der Waals surface area contributed by atoms with Crippen molar-refractivity contribution in [2.45, 2.75) is 32.9 Å². The zero-order valence-corrected chi connectivity index (χ0v) is 13.7. The van der Waals surface area contributed by atoms with Crippen LogP contribution in [0.1, 0.15) is 37.0 Å². The summed E-state index contributed by atoms with van der Waals surface area (Å²) in [6.07, 6.45) is 1.65. The number of nitrogens with one attached hydrogen (secondary N) is 1. The number of carbonyl (C=O) groups is 1. The molecule has 1 amide bonds. The van der Waals surface area contributed by atoms with Crippen LogP contribution >= 0.6 is 11.3 Å². The number of aromatic nitrogens is 4. The Morgan fingerprint density at radius 1 is 1.43 bits per heavy atom. The minimum absolute atomic E-state index is 0.193. The van der Waals surface area contributed by atoms with Crippen molar-refractivity contribution < 1.29 is 4.79 Å². The Morgan fingerprint density at radius 3 is 2.67 bits per heavy atom. The number of amides is 1. The number of nitrogens with zero attached hydrogens (tertiary/aromatic N) is 5. The summed E-state index contributed by atoms with van der Waals surface area (Å²) in [6.45, 7) is 6.38. The first-order valence-corrected chi connectivity index (χ1v) is 7.48. The van der Waals surface area contributed by atoms with E-state index in [9.17, 15) is 4.79 Å². The lowest BCUT2D eigenvalue weighted by molar-refractivity contribution is 0.0945. The number of anilines is 1. The van der Waals surface area contributed by atoms with Crippen molar-refractivity contribution in [3.05, 3.63) is 23.0 Å². The normalized spacial score (nSPS) is 11.5. The maximum Gasteiger partial charge on any atom is 0.273 e. The molecule has 0 spiro atoms. The van der Waals surface area contributed by atoms with E-state index >= 15 is 0 Å². The van der Waals surface area contributed by atoms with E-state index in [1.807, 2.05) is 45.1 Å². The number of hydrogen-bond donors (Lipinski definition) is 1. The summed E-state index contributed by atoms with van der Waals surface area (Å²) < 4.78 is 1.68. The summed E-state index contributed by atoms with van der Waals surface area (Å²) in [5, 5.41) is 13.5. The molecule has 0 saturated carbocycles. The predicted molar refractivity (Wildman–Crippen MR) is 82.6 cm³/mol. The maximum atomic E-state index is 12.0. The lowest BCUT2D eigenvalue weighted by Gasteiger charge is -2.17. The standard InChI is InChI=1S/C13H20N6OS/c1-13(2,3)19-7-10(16-17-19)11(20)14-6-9-8-21-12(15-9)18(4)5/h7-8H,6H2,1-5H3,(H,14,20). The minimum atomic E-state index is -0.245. The second kappa shape index (κ2) is 5.80. The van der Waals surface area contributed by atoms with Crippen LogP contribution in [0.5, 0.6) is 0 Å². The molecule has 0 saturated heterocycles. The van der Waals surface area contributed by atoms with Gasteiger partial charge in [0, 0.05) is 19.5 Å². The fourth-order valence-electron chi connectivity index (χ4n) is 1.54. The summed E-state index contributed by atoms with van der Waals surface area (Å²) >= 11 is 1.54. The molecule has 1 N–H and O–H groups in total. The van der Waals surface area contributed by atoms with Crippen LogP contribution in [0.2, 0.25) is 0 Å². The zero-order valence-electron chi connectivity index (χ0n) is 12.9. The molecular formula is C13H20N6OS. The fourth-order valence-corrected chi connectivity index (χ4v) is 2.30. The Balaban J connectivity index is 1.96. The molecule has 2 heterocycles. The van der Waals surface area contributed by atoms with E-state index in [2.05, 4.69) is 20.6 Å². The third-order valence-electron chi connectivity index (χ3n) is 2.77. The number of rotatable bonds is 4. The van der Waals surface area contributed by atoms with Gasteiger partial charge in [0.25, 0.3) is 5.91 Å². The number of thiazole rings is 1. The number of hydrogen-bond acceptors (Lipinski definition) is 6. The molecule has 2 aromatic rings. The molecule has 114 valence electrons. The lowest BCUT2D eigenvalue weighted by Crippen LogP contribution is -2.24. The molecular weight excluding hydrogens is 288 g/mol. The van der Waals surface area contributed by atoms with Crippen LogP contribution in [0.3, 0.4) is 0 Å². The van der Waals surface area contributed by atoms with Crippen LogP contribution < -0.4 is 10.2 Å². The SMILES string of the molecule is CN(C)c1nc(CNC(=O)c2cn(C(C)(C)C)nn2)cs1. The van der Waals surface area contributed by atoms with Gasteiger partial charge in [-0.25, -0.2) is 9.67 Å². The summed E-state index contributed by atoms with van der Waals surface area (Å²) in [4.78, 5) is 18.4. The Morgan fingerprint density at radius 2 is 2.14 bits per heavy atom. The Kier molecular flexibility index (Phi) is 4.26. The molecule has 2 aromatic heterocycles. The van der Waals surface area contributed by atoms with Crippen molar-refractivity contribution in [2.24, 2.45) is 0 Å². The second-order valence-corrected chi connectivity index (χ2v) is 6.75. The lowest BCUT2D eigenvalue weighted by atomic mass is 10.1. The van der Waals surface area contributed by atoms with Crippen molar-refractivity contribution in [3.8, 4) is 0 Å². The van der Waals surface area contributed by atoms with Crippen molar-refractivity contribution in [3.63, 3.8) is 0 Å². The van der Waals surface area contributed by atoms with Gasteiger partial charge in [-0.2, -0.15) is 0 Å². The molecule has 0 unspecified atom stereocenters. The topological polar surface area (TPSA) is 75.9 Å². The van der Waals surface area contributed by atoms with Gasteiger partial charge in [-0.05, 0) is 20.8 Å². The van der Waals surface area contributed by atoms with Crippen LogP contribution in [0.4, 0.5) is 5.13 Å². The molecule has 0 aliphatic heterocycles. The summed E-state index contributed by atoms with van der Waals surface area (Å²) in [7, 11) is 3.87. The van der Waals surface area contributed by atoms with E-state index in [4.69, 9.17) is 0 Å². The third kappa shape index (κ3) is 3.78. The first-order chi connectivity index (χ1) is 9.77. The Labute approximate surface area is 128 Å². The molecule has 0 fully saturated rings. The van der Waals surface area contributed by atoms with Crippen LogP contribution in [0.25, 0.3) is 0 Å². The average Bonchev–Trinajstić information content (AvgIpc) is 3.04. The van der Waals surface area contributed by atoms with Crippen LogP contribution in [0.15, 0.2) is 11.6 Å². The van der Waals surface area contributed by atoms with Crippen LogP contribution in [-0.2, 0) is 12.1 Å². The van der Waals surface area contributed by atoms with E-state index in [0.29, 0.717) is 12.2 Å².